The van der Waals surface area contributed by atoms with Gasteiger partial charge in [0, 0.05) is 38.2 Å². The van der Waals surface area contributed by atoms with Crippen LogP contribution < -0.4 is 11.2 Å². The molecule has 4 aromatic rings. The molecule has 0 saturated carbocycles. The molecule has 0 aliphatic rings. The van der Waals surface area contributed by atoms with E-state index in [1.807, 2.05) is 24.3 Å². The maximum atomic E-state index is 14.7. The van der Waals surface area contributed by atoms with Gasteiger partial charge in [0.2, 0.25) is 0 Å². The number of para-hydroxylation sites is 1. The summed E-state index contributed by atoms with van der Waals surface area (Å²) in [6.07, 6.45) is 3.23. The van der Waals surface area contributed by atoms with E-state index in [0.717, 1.165) is 17.7 Å². The number of hydrogen-bond donors (Lipinski definition) is 2. The summed E-state index contributed by atoms with van der Waals surface area (Å²) in [4.78, 5) is 13.7. The monoisotopic (exact) mass is 487 g/mol. The lowest BCUT2D eigenvalue weighted by atomic mass is 10.1. The number of pyridine rings is 1. The van der Waals surface area contributed by atoms with E-state index in [2.05, 4.69) is 32.2 Å². The molecule has 0 fully saturated rings. The summed E-state index contributed by atoms with van der Waals surface area (Å²) in [7, 11) is 1.66. The van der Waals surface area contributed by atoms with E-state index in [4.69, 9.17) is 15.5 Å². The van der Waals surface area contributed by atoms with Crippen molar-refractivity contribution in [3.8, 4) is 16.9 Å². The molecular formula is C26H26FN7O2. The molecule has 9 nitrogen and oxygen atoms in total. The first-order chi connectivity index (χ1) is 17.6. The summed E-state index contributed by atoms with van der Waals surface area (Å²) >= 11 is 0. The second-order valence-electron chi connectivity index (χ2n) is 7.74. The molecule has 0 spiro atoms. The lowest BCUT2D eigenvalue weighted by Gasteiger charge is -2.10. The molecule has 0 unspecified atom stereocenters. The molecule has 2 heterocycles. The number of ether oxygens (including phenoxy) is 1. The number of rotatable bonds is 10. The second-order valence-corrected chi connectivity index (χ2v) is 7.74. The van der Waals surface area contributed by atoms with Gasteiger partial charge in [0.1, 0.15) is 17.2 Å². The van der Waals surface area contributed by atoms with Crippen LogP contribution in [-0.4, -0.2) is 46.1 Å². The van der Waals surface area contributed by atoms with Crippen LogP contribution in [0.4, 0.5) is 4.39 Å². The summed E-state index contributed by atoms with van der Waals surface area (Å²) < 4.78 is 21.1. The van der Waals surface area contributed by atoms with Crippen LogP contribution in [0.3, 0.4) is 0 Å². The van der Waals surface area contributed by atoms with Crippen LogP contribution in [0.2, 0.25) is 0 Å². The highest BCUT2D eigenvalue weighted by Gasteiger charge is 2.23. The van der Waals surface area contributed by atoms with Crippen LogP contribution in [0, 0.1) is 5.82 Å². The lowest BCUT2D eigenvalue weighted by Crippen LogP contribution is -2.18. The normalized spacial score (nSPS) is 11.5. The summed E-state index contributed by atoms with van der Waals surface area (Å²) in [6.45, 7) is 6.11. The zero-order valence-corrected chi connectivity index (χ0v) is 19.8. The quantitative estimate of drug-likeness (QED) is 0.152. The van der Waals surface area contributed by atoms with E-state index < -0.39 is 5.82 Å². The standard InChI is InChI=1S/C26H26FN7O2/c1-18(21-7-5-6-19(16-21)17-30-14-15-35-2)31-26(36-28)24-25(20-10-12-29-13-11-20)34(33-32-24)23-9-4-3-8-22(23)27/h3-13,16,30H,1,14-15,17,28H2,2H3. The van der Waals surface area contributed by atoms with Gasteiger partial charge in [0.15, 0.2) is 5.69 Å². The van der Waals surface area contributed by atoms with Crippen LogP contribution in [-0.2, 0) is 16.1 Å². The van der Waals surface area contributed by atoms with Gasteiger partial charge in [-0.3, -0.25) is 4.98 Å². The number of hydrogen-bond acceptors (Lipinski definition) is 8. The average molecular weight is 488 g/mol. The highest BCUT2D eigenvalue weighted by atomic mass is 19.1. The van der Waals surface area contributed by atoms with Crippen molar-refractivity contribution in [2.75, 3.05) is 20.3 Å². The maximum Gasteiger partial charge on any atom is 0.268 e. The summed E-state index contributed by atoms with van der Waals surface area (Å²) in [5.74, 6) is 5.15. The minimum atomic E-state index is -0.461. The molecular weight excluding hydrogens is 461 g/mol. The van der Waals surface area contributed by atoms with Gasteiger partial charge in [0.05, 0.1) is 12.3 Å². The summed E-state index contributed by atoms with van der Waals surface area (Å²) in [5.41, 5.74) is 3.80. The molecule has 184 valence electrons. The smallest absolute Gasteiger partial charge is 0.268 e. The molecule has 0 radical (unpaired) electrons. The molecule has 0 bridgehead atoms. The zero-order chi connectivity index (χ0) is 25.3. The van der Waals surface area contributed by atoms with Crippen LogP contribution in [0.15, 0.2) is 84.6 Å². The van der Waals surface area contributed by atoms with E-state index in [-0.39, 0.29) is 17.3 Å². The third kappa shape index (κ3) is 5.69. The molecule has 3 N–H and O–H groups in total. The fraction of sp³-hybridized carbons (Fsp3) is 0.154. The van der Waals surface area contributed by atoms with Gasteiger partial charge < -0.3 is 14.9 Å². The molecule has 0 aliphatic carbocycles. The Hall–Kier alpha value is -4.25. The Kier molecular flexibility index (Phi) is 8.24. The lowest BCUT2D eigenvalue weighted by molar-refractivity contribution is 0.199. The number of aromatic nitrogens is 4. The van der Waals surface area contributed by atoms with Gasteiger partial charge in [-0.15, -0.1) is 5.10 Å². The van der Waals surface area contributed by atoms with Crippen molar-refractivity contribution in [2.45, 2.75) is 6.54 Å². The van der Waals surface area contributed by atoms with Crippen molar-refractivity contribution >= 4 is 11.6 Å². The molecule has 10 heteroatoms. The van der Waals surface area contributed by atoms with Crippen molar-refractivity contribution in [1.29, 1.82) is 0 Å². The van der Waals surface area contributed by atoms with E-state index in [1.165, 1.54) is 10.7 Å². The number of nitrogens with zero attached hydrogens (tertiary/aromatic N) is 5. The van der Waals surface area contributed by atoms with Crippen LogP contribution >= 0.6 is 0 Å². The van der Waals surface area contributed by atoms with Crippen molar-refractivity contribution in [3.63, 3.8) is 0 Å². The number of nitrogens with two attached hydrogens (primary N) is 1. The summed E-state index contributed by atoms with van der Waals surface area (Å²) in [6, 6.07) is 17.5. The van der Waals surface area contributed by atoms with Gasteiger partial charge in [-0.05, 0) is 41.5 Å². The second kappa shape index (κ2) is 11.9. The minimum absolute atomic E-state index is 0.0157. The van der Waals surface area contributed by atoms with Gasteiger partial charge in [0.25, 0.3) is 5.90 Å². The first-order valence-corrected chi connectivity index (χ1v) is 11.2. The summed E-state index contributed by atoms with van der Waals surface area (Å²) in [5, 5.41) is 11.7. The fourth-order valence-electron chi connectivity index (χ4n) is 3.58. The number of methoxy groups -OCH3 is 1. The van der Waals surface area contributed by atoms with Crippen molar-refractivity contribution in [2.24, 2.45) is 10.9 Å². The molecule has 2 aromatic carbocycles. The third-order valence-electron chi connectivity index (χ3n) is 5.33. The van der Waals surface area contributed by atoms with Crippen LogP contribution in [0.5, 0.6) is 0 Å². The molecule has 4 rings (SSSR count). The Morgan fingerprint density at radius 1 is 1.14 bits per heavy atom. The Morgan fingerprint density at radius 3 is 2.69 bits per heavy atom. The van der Waals surface area contributed by atoms with Gasteiger partial charge in [-0.2, -0.15) is 5.90 Å². The highest BCUT2D eigenvalue weighted by Crippen LogP contribution is 2.27. The predicted octanol–water partition coefficient (Wildman–Crippen LogP) is 3.51. The molecule has 0 aliphatic heterocycles. The first kappa shape index (κ1) is 24.9. The Balaban J connectivity index is 1.71. The Labute approximate surface area is 208 Å². The molecule has 0 saturated heterocycles. The van der Waals surface area contributed by atoms with Crippen LogP contribution in [0.25, 0.3) is 22.6 Å². The van der Waals surface area contributed by atoms with Crippen molar-refractivity contribution < 1.29 is 14.0 Å². The molecule has 2 aromatic heterocycles. The van der Waals surface area contributed by atoms with Crippen LogP contribution in [0.1, 0.15) is 16.8 Å². The number of benzene rings is 2. The van der Waals surface area contributed by atoms with Crippen molar-refractivity contribution in [3.05, 3.63) is 102 Å². The highest BCUT2D eigenvalue weighted by molar-refractivity contribution is 6.00. The largest absolute Gasteiger partial charge is 0.389 e. The minimum Gasteiger partial charge on any atom is -0.389 e. The van der Waals surface area contributed by atoms with E-state index >= 15 is 0 Å². The van der Waals surface area contributed by atoms with Gasteiger partial charge >= 0.3 is 0 Å². The number of nitrogens with one attached hydrogen (secondary N) is 1. The third-order valence-corrected chi connectivity index (χ3v) is 5.33. The predicted molar refractivity (Wildman–Crippen MR) is 135 cm³/mol. The molecule has 36 heavy (non-hydrogen) atoms. The van der Waals surface area contributed by atoms with E-state index in [0.29, 0.717) is 30.1 Å². The fourth-order valence-corrected chi connectivity index (χ4v) is 3.58. The number of halogens is 1. The zero-order valence-electron chi connectivity index (χ0n) is 19.8. The topological polar surface area (TPSA) is 112 Å². The van der Waals surface area contributed by atoms with Gasteiger partial charge in [-0.1, -0.05) is 42.1 Å². The first-order valence-electron chi connectivity index (χ1n) is 11.2. The molecule has 0 atom stereocenters. The van der Waals surface area contributed by atoms with E-state index in [1.54, 1.807) is 49.8 Å². The average Bonchev–Trinajstić information content (AvgIpc) is 3.35. The maximum absolute atomic E-state index is 14.7. The Morgan fingerprint density at radius 2 is 1.94 bits per heavy atom. The molecule has 0 amide bonds. The van der Waals surface area contributed by atoms with Gasteiger partial charge in [-0.25, -0.2) is 14.1 Å². The number of aliphatic imine (C=N–C) groups is 1. The SMILES string of the molecule is C=C(N=C(ON)c1nnn(-c2ccccc2F)c1-c1ccncc1)c1cccc(CNCCOC)c1. The van der Waals surface area contributed by atoms with E-state index in [9.17, 15) is 4.39 Å². The Bertz CT molecular complexity index is 1360. The van der Waals surface area contributed by atoms with Crippen molar-refractivity contribution in [1.82, 2.24) is 25.3 Å².